The summed E-state index contributed by atoms with van der Waals surface area (Å²) in [5, 5.41) is 3.89. The number of pyridine rings is 1. The van der Waals surface area contributed by atoms with Gasteiger partial charge in [0.05, 0.1) is 17.3 Å². The summed E-state index contributed by atoms with van der Waals surface area (Å²) in [6, 6.07) is 3.78. The van der Waals surface area contributed by atoms with Crippen molar-refractivity contribution >= 4 is 17.4 Å². The van der Waals surface area contributed by atoms with Crippen LogP contribution in [0.3, 0.4) is 0 Å². The SMILES string of the molecule is CCNc1ccc(Cl)c(CN(C)Cc2nccn2C)n1. The molecule has 0 aromatic carbocycles. The maximum atomic E-state index is 6.22. The molecule has 2 aromatic heterocycles. The Bertz CT molecular complexity index is 566. The van der Waals surface area contributed by atoms with Crippen LogP contribution in [0.4, 0.5) is 5.82 Å². The lowest BCUT2D eigenvalue weighted by Crippen LogP contribution is -2.20. The molecule has 0 unspecified atom stereocenters. The minimum atomic E-state index is 0.685. The molecule has 1 N–H and O–H groups in total. The highest BCUT2D eigenvalue weighted by Gasteiger charge is 2.09. The van der Waals surface area contributed by atoms with E-state index in [1.807, 2.05) is 43.9 Å². The molecular formula is C14H20ClN5. The first kappa shape index (κ1) is 14.8. The van der Waals surface area contributed by atoms with Crippen molar-refractivity contribution in [3.8, 4) is 0 Å². The normalized spacial score (nSPS) is 11.1. The molecule has 0 radical (unpaired) electrons. The van der Waals surface area contributed by atoms with Crippen molar-refractivity contribution in [1.82, 2.24) is 19.4 Å². The van der Waals surface area contributed by atoms with Crippen LogP contribution in [0.15, 0.2) is 24.5 Å². The molecule has 0 atom stereocenters. The van der Waals surface area contributed by atoms with Crippen LogP contribution >= 0.6 is 11.6 Å². The Balaban J connectivity index is 2.05. The zero-order valence-electron chi connectivity index (χ0n) is 12.1. The molecule has 0 saturated heterocycles. The highest BCUT2D eigenvalue weighted by Crippen LogP contribution is 2.18. The number of aromatic nitrogens is 3. The Morgan fingerprint density at radius 3 is 2.80 bits per heavy atom. The van der Waals surface area contributed by atoms with Gasteiger partial charge < -0.3 is 9.88 Å². The zero-order valence-corrected chi connectivity index (χ0v) is 12.9. The maximum Gasteiger partial charge on any atom is 0.126 e. The van der Waals surface area contributed by atoms with Crippen molar-refractivity contribution in [3.63, 3.8) is 0 Å². The topological polar surface area (TPSA) is 46.0 Å². The van der Waals surface area contributed by atoms with E-state index in [9.17, 15) is 0 Å². The summed E-state index contributed by atoms with van der Waals surface area (Å²) < 4.78 is 2.01. The lowest BCUT2D eigenvalue weighted by atomic mass is 10.3. The predicted octanol–water partition coefficient (Wildman–Crippen LogP) is 2.53. The standard InChI is InChI=1S/C14H20ClN5/c1-4-16-13-6-5-11(15)12(18-13)9-19(2)10-14-17-7-8-20(14)3/h5-8H,4,9-10H2,1-3H3,(H,16,18). The summed E-state index contributed by atoms with van der Waals surface area (Å²) >= 11 is 6.22. The van der Waals surface area contributed by atoms with E-state index in [0.717, 1.165) is 30.4 Å². The largest absolute Gasteiger partial charge is 0.370 e. The molecule has 5 nitrogen and oxygen atoms in total. The van der Waals surface area contributed by atoms with Gasteiger partial charge in [-0.2, -0.15) is 0 Å². The fourth-order valence-electron chi connectivity index (χ4n) is 1.98. The van der Waals surface area contributed by atoms with E-state index in [1.165, 1.54) is 0 Å². The highest BCUT2D eigenvalue weighted by molar-refractivity contribution is 6.31. The lowest BCUT2D eigenvalue weighted by molar-refractivity contribution is 0.303. The molecule has 0 saturated carbocycles. The van der Waals surface area contributed by atoms with Gasteiger partial charge in [-0.05, 0) is 26.1 Å². The molecule has 20 heavy (non-hydrogen) atoms. The number of hydrogen-bond donors (Lipinski definition) is 1. The molecule has 108 valence electrons. The van der Waals surface area contributed by atoms with Gasteiger partial charge in [-0.15, -0.1) is 0 Å². The van der Waals surface area contributed by atoms with Crippen molar-refractivity contribution in [2.45, 2.75) is 20.0 Å². The molecule has 2 aromatic rings. The minimum Gasteiger partial charge on any atom is -0.370 e. The second-order valence-corrected chi connectivity index (χ2v) is 5.19. The monoisotopic (exact) mass is 293 g/mol. The number of nitrogens with one attached hydrogen (secondary N) is 1. The fraction of sp³-hybridized carbons (Fsp3) is 0.429. The van der Waals surface area contributed by atoms with Crippen molar-refractivity contribution < 1.29 is 0 Å². The molecule has 0 amide bonds. The third-order valence-electron chi connectivity index (χ3n) is 3.03. The van der Waals surface area contributed by atoms with Crippen molar-refractivity contribution in [3.05, 3.63) is 41.1 Å². The van der Waals surface area contributed by atoms with Gasteiger partial charge in [0.2, 0.25) is 0 Å². The number of hydrogen-bond acceptors (Lipinski definition) is 4. The Morgan fingerprint density at radius 2 is 2.15 bits per heavy atom. The summed E-state index contributed by atoms with van der Waals surface area (Å²) in [7, 11) is 4.03. The van der Waals surface area contributed by atoms with Crippen LogP contribution in [0.5, 0.6) is 0 Å². The van der Waals surface area contributed by atoms with Gasteiger partial charge in [0.25, 0.3) is 0 Å². The van der Waals surface area contributed by atoms with E-state index in [2.05, 4.69) is 20.2 Å². The van der Waals surface area contributed by atoms with Crippen LogP contribution in [-0.4, -0.2) is 33.0 Å². The smallest absolute Gasteiger partial charge is 0.126 e. The second-order valence-electron chi connectivity index (χ2n) is 4.78. The summed E-state index contributed by atoms with van der Waals surface area (Å²) in [6.07, 6.45) is 3.75. The third-order valence-corrected chi connectivity index (χ3v) is 3.37. The molecular weight excluding hydrogens is 274 g/mol. The minimum absolute atomic E-state index is 0.685. The average molecular weight is 294 g/mol. The summed E-state index contributed by atoms with van der Waals surface area (Å²) in [5.74, 6) is 1.88. The molecule has 0 aliphatic heterocycles. The van der Waals surface area contributed by atoms with E-state index >= 15 is 0 Å². The number of nitrogens with zero attached hydrogens (tertiary/aromatic N) is 4. The molecule has 0 aliphatic carbocycles. The maximum absolute atomic E-state index is 6.22. The number of aryl methyl sites for hydroxylation is 1. The number of anilines is 1. The van der Waals surface area contributed by atoms with E-state index in [4.69, 9.17) is 11.6 Å². The van der Waals surface area contributed by atoms with Crippen LogP contribution in [0, 0.1) is 0 Å². The van der Waals surface area contributed by atoms with E-state index in [1.54, 1.807) is 6.20 Å². The van der Waals surface area contributed by atoms with E-state index in [0.29, 0.717) is 11.6 Å². The van der Waals surface area contributed by atoms with Gasteiger partial charge in [0.1, 0.15) is 11.6 Å². The summed E-state index contributed by atoms with van der Waals surface area (Å²) in [6.45, 7) is 4.33. The first-order valence-corrected chi connectivity index (χ1v) is 7.02. The third kappa shape index (κ3) is 3.71. The molecule has 6 heteroatoms. The predicted molar refractivity (Wildman–Crippen MR) is 81.8 cm³/mol. The van der Waals surface area contributed by atoms with Gasteiger partial charge in [-0.25, -0.2) is 9.97 Å². The van der Waals surface area contributed by atoms with Gasteiger partial charge in [-0.3, -0.25) is 4.90 Å². The molecule has 0 fully saturated rings. The van der Waals surface area contributed by atoms with Gasteiger partial charge >= 0.3 is 0 Å². The quantitative estimate of drug-likeness (QED) is 0.889. The fourth-order valence-corrected chi connectivity index (χ4v) is 2.14. The van der Waals surface area contributed by atoms with E-state index in [-0.39, 0.29) is 0 Å². The molecule has 0 spiro atoms. The zero-order chi connectivity index (χ0) is 14.5. The average Bonchev–Trinajstić information content (AvgIpc) is 2.79. The van der Waals surface area contributed by atoms with Gasteiger partial charge in [0.15, 0.2) is 0 Å². The van der Waals surface area contributed by atoms with Crippen LogP contribution < -0.4 is 5.32 Å². The van der Waals surface area contributed by atoms with Crippen LogP contribution in [0.2, 0.25) is 5.02 Å². The van der Waals surface area contributed by atoms with Gasteiger partial charge in [0, 0.05) is 32.5 Å². The Labute approximate surface area is 124 Å². The number of imidazole rings is 1. The van der Waals surface area contributed by atoms with Crippen molar-refractivity contribution in [2.24, 2.45) is 7.05 Å². The van der Waals surface area contributed by atoms with Crippen molar-refractivity contribution in [2.75, 3.05) is 18.9 Å². The van der Waals surface area contributed by atoms with Crippen LogP contribution in [0.1, 0.15) is 18.4 Å². The Morgan fingerprint density at radius 1 is 1.35 bits per heavy atom. The molecule has 2 heterocycles. The van der Waals surface area contributed by atoms with Gasteiger partial charge in [-0.1, -0.05) is 11.6 Å². The Kier molecular flexibility index (Phi) is 4.98. The second kappa shape index (κ2) is 6.72. The highest BCUT2D eigenvalue weighted by atomic mass is 35.5. The number of halogens is 1. The summed E-state index contributed by atoms with van der Waals surface area (Å²) in [5.41, 5.74) is 0.877. The first-order valence-electron chi connectivity index (χ1n) is 6.64. The Hall–Kier alpha value is -1.59. The molecule has 2 rings (SSSR count). The molecule has 0 bridgehead atoms. The van der Waals surface area contributed by atoms with Crippen LogP contribution in [-0.2, 0) is 20.1 Å². The van der Waals surface area contributed by atoms with E-state index < -0.39 is 0 Å². The number of rotatable bonds is 6. The lowest BCUT2D eigenvalue weighted by Gasteiger charge is -2.17. The van der Waals surface area contributed by atoms with Crippen molar-refractivity contribution in [1.29, 1.82) is 0 Å². The first-order chi connectivity index (χ1) is 9.60. The molecule has 0 aliphatic rings. The summed E-state index contributed by atoms with van der Waals surface area (Å²) in [4.78, 5) is 11.0. The van der Waals surface area contributed by atoms with Crippen LogP contribution in [0.25, 0.3) is 0 Å².